The van der Waals surface area contributed by atoms with E-state index in [4.69, 9.17) is 0 Å². The van der Waals surface area contributed by atoms with Crippen molar-refractivity contribution in [2.75, 3.05) is 13.1 Å². The number of benzene rings is 1. The molecule has 2 aromatic rings. The molecule has 0 aliphatic carbocycles. The van der Waals surface area contributed by atoms with Crippen LogP contribution in [0.3, 0.4) is 0 Å². The highest BCUT2D eigenvalue weighted by atomic mass is 19.3. The maximum absolute atomic E-state index is 12.7. The van der Waals surface area contributed by atoms with E-state index in [0.29, 0.717) is 25.6 Å². The summed E-state index contributed by atoms with van der Waals surface area (Å²) in [6.07, 6.45) is 0.966. The third kappa shape index (κ3) is 3.46. The number of carbonyl (C=O) groups excluding carboxylic acids is 1. The SMILES string of the molecule is CC(=O)N1C[C@@H]2C[C@H](C1)c1cc(-c3ccc(OC(F)F)cc3)cc(=O)n1C2. The van der Waals surface area contributed by atoms with E-state index in [1.54, 1.807) is 25.1 Å². The number of aromatic nitrogens is 1. The summed E-state index contributed by atoms with van der Waals surface area (Å²) in [4.78, 5) is 26.3. The molecule has 142 valence electrons. The normalized spacial score (nSPS) is 21.1. The summed E-state index contributed by atoms with van der Waals surface area (Å²) in [5.41, 5.74) is 2.38. The molecule has 2 aliphatic heterocycles. The lowest BCUT2D eigenvalue weighted by atomic mass is 9.82. The average Bonchev–Trinajstić information content (AvgIpc) is 2.62. The van der Waals surface area contributed by atoms with Gasteiger partial charge in [0.05, 0.1) is 0 Å². The van der Waals surface area contributed by atoms with E-state index in [0.717, 1.165) is 23.2 Å². The van der Waals surface area contributed by atoms with Crippen molar-refractivity contribution in [2.24, 2.45) is 5.92 Å². The molecule has 1 aromatic carbocycles. The van der Waals surface area contributed by atoms with Crippen LogP contribution >= 0.6 is 0 Å². The van der Waals surface area contributed by atoms with Gasteiger partial charge in [0.1, 0.15) is 5.75 Å². The Morgan fingerprint density at radius 2 is 1.85 bits per heavy atom. The van der Waals surface area contributed by atoms with Gasteiger partial charge in [-0.2, -0.15) is 8.78 Å². The average molecular weight is 374 g/mol. The summed E-state index contributed by atoms with van der Waals surface area (Å²) in [6.45, 7) is 0.650. The first-order valence-corrected chi connectivity index (χ1v) is 8.96. The predicted molar refractivity (Wildman–Crippen MR) is 95.9 cm³/mol. The first-order valence-electron chi connectivity index (χ1n) is 8.96. The number of carbonyl (C=O) groups is 1. The Bertz CT molecular complexity index is 924. The maximum atomic E-state index is 12.7. The van der Waals surface area contributed by atoms with Gasteiger partial charge in [-0.05, 0) is 41.7 Å². The number of halogens is 2. The van der Waals surface area contributed by atoms with Crippen LogP contribution in [0.2, 0.25) is 0 Å². The summed E-state index contributed by atoms with van der Waals surface area (Å²) in [6, 6.07) is 9.82. The first kappa shape index (κ1) is 17.7. The van der Waals surface area contributed by atoms with E-state index in [2.05, 4.69) is 4.74 Å². The number of alkyl halides is 2. The van der Waals surface area contributed by atoms with Gasteiger partial charge in [0.2, 0.25) is 5.91 Å². The molecule has 2 aliphatic rings. The molecular weight excluding hydrogens is 354 g/mol. The van der Waals surface area contributed by atoms with Crippen molar-refractivity contribution in [3.05, 3.63) is 52.4 Å². The number of likely N-dealkylation sites (tertiary alicyclic amines) is 1. The van der Waals surface area contributed by atoms with Gasteiger partial charge in [-0.15, -0.1) is 0 Å². The zero-order valence-electron chi connectivity index (χ0n) is 14.9. The summed E-state index contributed by atoms with van der Waals surface area (Å²) >= 11 is 0. The van der Waals surface area contributed by atoms with Crippen molar-refractivity contribution >= 4 is 5.91 Å². The number of hydrogen-bond donors (Lipinski definition) is 0. The molecule has 0 saturated carbocycles. The molecule has 7 heteroatoms. The highest BCUT2D eigenvalue weighted by Gasteiger charge is 2.35. The van der Waals surface area contributed by atoms with Gasteiger partial charge in [0.15, 0.2) is 0 Å². The molecule has 4 rings (SSSR count). The third-order valence-corrected chi connectivity index (χ3v) is 5.41. The number of ether oxygens (including phenoxy) is 1. The molecule has 5 nitrogen and oxygen atoms in total. The second-order valence-electron chi connectivity index (χ2n) is 7.24. The van der Waals surface area contributed by atoms with Crippen molar-refractivity contribution in [3.8, 4) is 16.9 Å². The minimum absolute atomic E-state index is 0.0614. The molecule has 0 radical (unpaired) electrons. The molecule has 0 unspecified atom stereocenters. The van der Waals surface area contributed by atoms with Gasteiger partial charge in [0, 0.05) is 44.2 Å². The van der Waals surface area contributed by atoms with Crippen LogP contribution in [0.1, 0.15) is 25.0 Å². The second kappa shape index (κ2) is 6.79. The number of pyridine rings is 1. The van der Waals surface area contributed by atoms with Crippen LogP contribution in [0, 0.1) is 5.92 Å². The fraction of sp³-hybridized carbons (Fsp3) is 0.400. The molecule has 1 amide bonds. The highest BCUT2D eigenvalue weighted by Crippen LogP contribution is 2.36. The minimum atomic E-state index is -2.87. The van der Waals surface area contributed by atoms with E-state index in [-0.39, 0.29) is 23.1 Å². The van der Waals surface area contributed by atoms with Gasteiger partial charge in [-0.3, -0.25) is 9.59 Å². The number of rotatable bonds is 3. The Hall–Kier alpha value is -2.70. The fourth-order valence-electron chi connectivity index (χ4n) is 4.21. The van der Waals surface area contributed by atoms with Crippen LogP contribution in [0.5, 0.6) is 5.75 Å². The molecule has 1 saturated heterocycles. The standard InChI is InChI=1S/C20H20F2N2O3/c1-12(25)23-9-13-6-16(11-23)18-7-15(8-19(26)24(18)10-13)14-2-4-17(5-3-14)27-20(21)22/h2-5,7-8,13,16,20H,6,9-11H2,1H3/t13-,16+/m0/s1. The summed E-state index contributed by atoms with van der Waals surface area (Å²) in [5.74, 6) is 0.576. The van der Waals surface area contributed by atoms with E-state index in [1.807, 2.05) is 15.5 Å². The van der Waals surface area contributed by atoms with Gasteiger partial charge in [-0.25, -0.2) is 0 Å². The Morgan fingerprint density at radius 3 is 2.52 bits per heavy atom. The van der Waals surface area contributed by atoms with Gasteiger partial charge in [0.25, 0.3) is 5.56 Å². The van der Waals surface area contributed by atoms with Crippen molar-refractivity contribution in [2.45, 2.75) is 32.4 Å². The lowest BCUT2D eigenvalue weighted by molar-refractivity contribution is -0.131. The number of amides is 1. The van der Waals surface area contributed by atoms with Crippen molar-refractivity contribution in [1.82, 2.24) is 9.47 Å². The molecule has 0 N–H and O–H groups in total. The zero-order chi connectivity index (χ0) is 19.1. The summed E-state index contributed by atoms with van der Waals surface area (Å²) < 4.78 is 30.8. The largest absolute Gasteiger partial charge is 0.435 e. The van der Waals surface area contributed by atoms with Crippen LogP contribution < -0.4 is 10.3 Å². The van der Waals surface area contributed by atoms with Crippen LogP contribution in [-0.2, 0) is 11.3 Å². The van der Waals surface area contributed by atoms with Crippen molar-refractivity contribution in [3.63, 3.8) is 0 Å². The molecule has 1 aromatic heterocycles. The number of piperidine rings is 1. The van der Waals surface area contributed by atoms with Gasteiger partial charge >= 0.3 is 6.61 Å². The number of hydrogen-bond acceptors (Lipinski definition) is 3. The third-order valence-electron chi connectivity index (χ3n) is 5.41. The topological polar surface area (TPSA) is 51.5 Å². The number of fused-ring (bicyclic) bond motifs is 4. The molecule has 0 spiro atoms. The molecule has 2 atom stereocenters. The summed E-state index contributed by atoms with van der Waals surface area (Å²) in [7, 11) is 0. The monoisotopic (exact) mass is 374 g/mol. The van der Waals surface area contributed by atoms with Crippen LogP contribution in [0.15, 0.2) is 41.2 Å². The Balaban J connectivity index is 1.68. The zero-order valence-corrected chi connectivity index (χ0v) is 14.9. The molecular formula is C20H20F2N2O3. The van der Waals surface area contributed by atoms with Crippen LogP contribution in [0.25, 0.3) is 11.1 Å². The maximum Gasteiger partial charge on any atom is 0.387 e. The predicted octanol–water partition coefficient (Wildman–Crippen LogP) is 3.08. The first-order chi connectivity index (χ1) is 12.9. The lowest BCUT2D eigenvalue weighted by Gasteiger charge is -2.42. The quantitative estimate of drug-likeness (QED) is 0.830. The van der Waals surface area contributed by atoms with Gasteiger partial charge in [-0.1, -0.05) is 12.1 Å². The second-order valence-corrected chi connectivity index (χ2v) is 7.24. The van der Waals surface area contributed by atoms with E-state index in [1.165, 1.54) is 12.1 Å². The molecule has 2 bridgehead atoms. The molecule has 3 heterocycles. The minimum Gasteiger partial charge on any atom is -0.435 e. The Labute approximate surface area is 155 Å². The highest BCUT2D eigenvalue weighted by molar-refractivity contribution is 5.73. The van der Waals surface area contributed by atoms with E-state index in [9.17, 15) is 18.4 Å². The lowest BCUT2D eigenvalue weighted by Crippen LogP contribution is -2.48. The summed E-state index contributed by atoms with van der Waals surface area (Å²) in [5, 5.41) is 0. The van der Waals surface area contributed by atoms with E-state index >= 15 is 0 Å². The Kier molecular flexibility index (Phi) is 4.45. The molecule has 27 heavy (non-hydrogen) atoms. The van der Waals surface area contributed by atoms with Crippen molar-refractivity contribution in [1.29, 1.82) is 0 Å². The van der Waals surface area contributed by atoms with Crippen molar-refractivity contribution < 1.29 is 18.3 Å². The Morgan fingerprint density at radius 1 is 1.11 bits per heavy atom. The number of nitrogens with zero attached hydrogens (tertiary/aromatic N) is 2. The van der Waals surface area contributed by atoms with Crippen LogP contribution in [0.4, 0.5) is 8.78 Å². The van der Waals surface area contributed by atoms with Crippen LogP contribution in [-0.4, -0.2) is 35.1 Å². The fourth-order valence-corrected chi connectivity index (χ4v) is 4.21. The smallest absolute Gasteiger partial charge is 0.387 e. The van der Waals surface area contributed by atoms with E-state index < -0.39 is 6.61 Å². The molecule has 1 fully saturated rings. The van der Waals surface area contributed by atoms with Gasteiger partial charge < -0.3 is 14.2 Å².